The molecule has 5 aromatic rings. The molecule has 170 valence electrons. The fourth-order valence-electron chi connectivity index (χ4n) is 4.20. The molecule has 0 aliphatic heterocycles. The van der Waals surface area contributed by atoms with Gasteiger partial charge in [-0.2, -0.15) is 0 Å². The van der Waals surface area contributed by atoms with Gasteiger partial charge >= 0.3 is 0 Å². The molecule has 2 heterocycles. The quantitative estimate of drug-likeness (QED) is 0.388. The molecule has 0 amide bonds. The first-order chi connectivity index (χ1) is 17.0. The van der Waals surface area contributed by atoms with E-state index in [4.69, 9.17) is 0 Å². The van der Waals surface area contributed by atoms with Crippen molar-refractivity contribution in [2.45, 2.75) is 6.54 Å². The fraction of sp³-hybridized carbons (Fsp3) is 0.0385. The van der Waals surface area contributed by atoms with Crippen molar-refractivity contribution in [2.75, 3.05) is 0 Å². The lowest BCUT2D eigenvalue weighted by Crippen LogP contribution is -2.23. The third-order valence-corrected chi connectivity index (χ3v) is 5.87. The molecule has 0 radical (unpaired) electrons. The molecule has 0 unspecified atom stereocenters. The van der Waals surface area contributed by atoms with Crippen LogP contribution in [-0.4, -0.2) is 36.1 Å². The number of hydrogen-bond acceptors (Lipinski definition) is 5. The van der Waals surface area contributed by atoms with Crippen LogP contribution in [-0.2, 0) is 6.54 Å². The molecular weight excluding hydrogens is 452 g/mol. The monoisotopic (exact) mass is 467 g/mol. The minimum absolute atomic E-state index is 0.0407. The molecule has 9 heteroatoms. The van der Waals surface area contributed by atoms with Crippen LogP contribution in [0.4, 0.5) is 8.78 Å². The minimum Gasteiger partial charge on any atom is -0.314 e. The van der Waals surface area contributed by atoms with Crippen LogP contribution in [0.1, 0.15) is 37.8 Å². The van der Waals surface area contributed by atoms with Crippen LogP contribution < -0.4 is 0 Å². The van der Waals surface area contributed by atoms with Crippen LogP contribution >= 0.6 is 0 Å². The number of nitrogens with zero attached hydrogens (tertiary/aromatic N) is 5. The van der Waals surface area contributed by atoms with Gasteiger partial charge in [0.2, 0.25) is 11.6 Å². The molecule has 35 heavy (non-hydrogen) atoms. The topological polar surface area (TPSA) is 82.7 Å². The Labute approximate surface area is 197 Å². The smallest absolute Gasteiger partial charge is 0.214 e. The number of carbonyl (C=O) groups excluding carboxylic acids is 2. The number of hydrogen-bond donors (Lipinski definition) is 0. The van der Waals surface area contributed by atoms with Gasteiger partial charge < -0.3 is 4.57 Å². The van der Waals surface area contributed by atoms with Crippen molar-refractivity contribution in [2.24, 2.45) is 0 Å². The van der Waals surface area contributed by atoms with E-state index in [9.17, 15) is 18.4 Å². The van der Waals surface area contributed by atoms with Gasteiger partial charge in [-0.3, -0.25) is 9.59 Å². The van der Waals surface area contributed by atoms with E-state index in [0.29, 0.717) is 33.9 Å². The maximum Gasteiger partial charge on any atom is 0.214 e. The van der Waals surface area contributed by atoms with Gasteiger partial charge in [0, 0.05) is 16.7 Å². The summed E-state index contributed by atoms with van der Waals surface area (Å²) in [6.07, 6.45) is 1.65. The third-order valence-electron chi connectivity index (χ3n) is 5.87. The van der Waals surface area contributed by atoms with Gasteiger partial charge in [0.25, 0.3) is 0 Å². The molecular formula is C26H15F2N5O2. The summed E-state index contributed by atoms with van der Waals surface area (Å²) in [5.41, 5.74) is 2.41. The van der Waals surface area contributed by atoms with Crippen molar-refractivity contribution in [3.05, 3.63) is 119 Å². The van der Waals surface area contributed by atoms with Crippen molar-refractivity contribution in [1.29, 1.82) is 0 Å². The number of carbonyl (C=O) groups is 2. The normalized spacial score (nSPS) is 12.5. The predicted octanol–water partition coefficient (Wildman–Crippen LogP) is 4.23. The van der Waals surface area contributed by atoms with Gasteiger partial charge in [0.1, 0.15) is 34.5 Å². The summed E-state index contributed by atoms with van der Waals surface area (Å²) in [5.74, 6) is -1.14. The molecule has 3 aromatic carbocycles. The number of imidazole rings is 1. The molecule has 0 saturated carbocycles. The highest BCUT2D eigenvalue weighted by Crippen LogP contribution is 2.32. The molecule has 0 saturated heterocycles. The number of ketones is 2. The summed E-state index contributed by atoms with van der Waals surface area (Å²) in [6.45, 7) is 0.0808. The second kappa shape index (κ2) is 7.91. The molecule has 0 spiro atoms. The van der Waals surface area contributed by atoms with Crippen LogP contribution in [0.5, 0.6) is 0 Å². The number of aromatic nitrogens is 5. The molecule has 7 nitrogen and oxygen atoms in total. The number of benzene rings is 3. The van der Waals surface area contributed by atoms with E-state index in [-0.39, 0.29) is 35.3 Å². The summed E-state index contributed by atoms with van der Waals surface area (Å²) in [5, 5.41) is 8.29. The van der Waals surface area contributed by atoms with Gasteiger partial charge in [0.15, 0.2) is 0 Å². The summed E-state index contributed by atoms with van der Waals surface area (Å²) >= 11 is 0. The molecule has 2 aromatic heterocycles. The molecule has 1 aliphatic rings. The number of fused-ring (bicyclic) bond motifs is 2. The van der Waals surface area contributed by atoms with Gasteiger partial charge in [-0.25, -0.2) is 18.4 Å². The van der Waals surface area contributed by atoms with Crippen LogP contribution in [0.25, 0.3) is 17.1 Å². The number of halogens is 2. The Morgan fingerprint density at radius 3 is 2.09 bits per heavy atom. The van der Waals surface area contributed by atoms with Crippen LogP contribution in [0.2, 0.25) is 0 Å². The Balaban J connectivity index is 1.48. The summed E-state index contributed by atoms with van der Waals surface area (Å²) in [6, 6.07) is 18.0. The van der Waals surface area contributed by atoms with E-state index in [1.807, 2.05) is 0 Å². The Kier molecular flexibility index (Phi) is 4.70. The Hall–Kier alpha value is -4.79. The lowest BCUT2D eigenvalue weighted by molar-refractivity contribution is 0.0971. The van der Waals surface area contributed by atoms with Crippen molar-refractivity contribution in [1.82, 2.24) is 24.5 Å². The maximum absolute atomic E-state index is 13.6. The lowest BCUT2D eigenvalue weighted by atomic mass is 9.90. The zero-order valence-corrected chi connectivity index (χ0v) is 18.0. The minimum atomic E-state index is -0.418. The summed E-state index contributed by atoms with van der Waals surface area (Å²) in [7, 11) is 0. The Morgan fingerprint density at radius 2 is 1.40 bits per heavy atom. The van der Waals surface area contributed by atoms with E-state index < -0.39 is 5.82 Å². The van der Waals surface area contributed by atoms with Crippen molar-refractivity contribution in [3.8, 4) is 17.1 Å². The summed E-state index contributed by atoms with van der Waals surface area (Å²) in [4.78, 5) is 31.2. The highest BCUT2D eigenvalue weighted by Gasteiger charge is 2.36. The number of rotatable bonds is 4. The molecule has 0 atom stereocenters. The zero-order chi connectivity index (χ0) is 24.1. The Morgan fingerprint density at radius 1 is 0.771 bits per heavy atom. The largest absolute Gasteiger partial charge is 0.314 e. The standard InChI is InChI=1S/C26H15F2N5O2/c27-16-7-5-15(6-8-16)26-29-22-23(25(35)21-4-2-1-3-20(21)24(22)34)32(26)13-18-14-33(31-30-18)19-11-9-17(28)10-12-19/h1-12,14H,13H2. The highest BCUT2D eigenvalue weighted by atomic mass is 19.1. The third kappa shape index (κ3) is 3.45. The molecule has 0 N–H and O–H groups in total. The van der Waals surface area contributed by atoms with Crippen LogP contribution in [0.15, 0.2) is 79.0 Å². The van der Waals surface area contributed by atoms with Gasteiger partial charge in [0.05, 0.1) is 18.4 Å². The molecule has 0 bridgehead atoms. The van der Waals surface area contributed by atoms with E-state index in [0.717, 1.165) is 0 Å². The summed E-state index contributed by atoms with van der Waals surface area (Å²) < 4.78 is 30.0. The first-order valence-corrected chi connectivity index (χ1v) is 10.7. The van der Waals surface area contributed by atoms with E-state index in [2.05, 4.69) is 15.3 Å². The van der Waals surface area contributed by atoms with Gasteiger partial charge in [-0.1, -0.05) is 29.5 Å². The SMILES string of the molecule is O=C1c2ccccc2C(=O)c2c1nc(-c1ccc(F)cc1)n2Cc1cn(-c2ccc(F)cc2)nn1. The lowest BCUT2D eigenvalue weighted by Gasteiger charge is -2.16. The molecule has 6 rings (SSSR count). The van der Waals surface area contributed by atoms with Crippen LogP contribution in [0.3, 0.4) is 0 Å². The first-order valence-electron chi connectivity index (χ1n) is 10.7. The highest BCUT2D eigenvalue weighted by molar-refractivity contribution is 6.27. The second-order valence-electron chi connectivity index (χ2n) is 8.06. The van der Waals surface area contributed by atoms with Crippen LogP contribution in [0, 0.1) is 11.6 Å². The van der Waals surface area contributed by atoms with Gasteiger partial charge in [-0.05, 0) is 48.5 Å². The van der Waals surface area contributed by atoms with Crippen molar-refractivity contribution >= 4 is 11.6 Å². The second-order valence-corrected chi connectivity index (χ2v) is 8.06. The first kappa shape index (κ1) is 20.8. The fourth-order valence-corrected chi connectivity index (χ4v) is 4.20. The van der Waals surface area contributed by atoms with Crippen molar-refractivity contribution < 1.29 is 18.4 Å². The predicted molar refractivity (Wildman–Crippen MR) is 121 cm³/mol. The average Bonchev–Trinajstić information content (AvgIpc) is 3.49. The van der Waals surface area contributed by atoms with E-state index in [1.54, 1.807) is 47.2 Å². The van der Waals surface area contributed by atoms with Gasteiger partial charge in [-0.15, -0.1) is 5.10 Å². The average molecular weight is 467 g/mol. The molecule has 0 fully saturated rings. The van der Waals surface area contributed by atoms with E-state index in [1.165, 1.54) is 41.1 Å². The van der Waals surface area contributed by atoms with Crippen molar-refractivity contribution in [3.63, 3.8) is 0 Å². The van der Waals surface area contributed by atoms with E-state index >= 15 is 0 Å². The Bertz CT molecular complexity index is 1620. The zero-order valence-electron chi connectivity index (χ0n) is 18.0. The molecule has 1 aliphatic carbocycles. The maximum atomic E-state index is 13.6.